The Hall–Kier alpha value is -1.69. The van der Waals surface area contributed by atoms with Crippen LogP contribution in [0.2, 0.25) is 0 Å². The van der Waals surface area contributed by atoms with Crippen molar-refractivity contribution in [3.05, 3.63) is 28.9 Å². The number of nitrogens with one attached hydrogen (secondary N) is 1. The van der Waals surface area contributed by atoms with Crippen molar-refractivity contribution in [2.75, 3.05) is 13.2 Å². The van der Waals surface area contributed by atoms with E-state index in [2.05, 4.69) is 10.3 Å². The molecular formula is C8H11N3O3. The van der Waals surface area contributed by atoms with Crippen LogP contribution in [0.4, 0.5) is 0 Å². The van der Waals surface area contributed by atoms with Gasteiger partial charge in [-0.15, -0.1) is 0 Å². The van der Waals surface area contributed by atoms with Gasteiger partial charge in [0, 0.05) is 18.8 Å². The first-order valence-electron chi connectivity index (χ1n) is 4.12. The second-order valence-corrected chi connectivity index (χ2v) is 2.62. The fraction of sp³-hybridized carbons (Fsp3) is 0.375. The van der Waals surface area contributed by atoms with Crippen LogP contribution >= 0.6 is 0 Å². The van der Waals surface area contributed by atoms with Gasteiger partial charge in [-0.05, 0) is 0 Å². The number of aliphatic hydroxyl groups excluding tert-OH is 1. The van der Waals surface area contributed by atoms with E-state index >= 15 is 0 Å². The number of carbonyl (C=O) groups excluding carboxylic acids is 1. The van der Waals surface area contributed by atoms with Gasteiger partial charge in [-0.2, -0.15) is 0 Å². The Bertz CT molecular complexity index is 361. The quantitative estimate of drug-likeness (QED) is 0.605. The topological polar surface area (TPSA) is 84.2 Å². The molecule has 6 heteroatoms. The molecule has 0 atom stereocenters. The Morgan fingerprint density at radius 1 is 1.64 bits per heavy atom. The first kappa shape index (κ1) is 10.4. The summed E-state index contributed by atoms with van der Waals surface area (Å²) in [5, 5.41) is 10.9. The summed E-state index contributed by atoms with van der Waals surface area (Å²) in [6, 6.07) is 1.28. The molecule has 0 saturated carbocycles. The number of nitrogens with zero attached hydrogens (tertiary/aromatic N) is 2. The molecule has 0 saturated heterocycles. The highest BCUT2D eigenvalue weighted by molar-refractivity contribution is 5.75. The van der Waals surface area contributed by atoms with Gasteiger partial charge in [0.2, 0.25) is 5.91 Å². The molecule has 0 aliphatic carbocycles. The Balaban J connectivity index is 2.56. The SMILES string of the molecule is O=C(Cn1cnccc1=O)NCCO. The largest absolute Gasteiger partial charge is 0.395 e. The van der Waals surface area contributed by atoms with E-state index in [4.69, 9.17) is 5.11 Å². The third-order valence-electron chi connectivity index (χ3n) is 1.54. The van der Waals surface area contributed by atoms with Crippen LogP contribution in [0.15, 0.2) is 23.4 Å². The molecule has 0 aromatic carbocycles. The Morgan fingerprint density at radius 2 is 2.43 bits per heavy atom. The lowest BCUT2D eigenvalue weighted by molar-refractivity contribution is -0.121. The number of aromatic nitrogens is 2. The van der Waals surface area contributed by atoms with Gasteiger partial charge in [0.25, 0.3) is 5.56 Å². The molecule has 1 heterocycles. The third kappa shape index (κ3) is 2.98. The normalized spacial score (nSPS) is 9.79. The van der Waals surface area contributed by atoms with Gasteiger partial charge in [0.15, 0.2) is 0 Å². The maximum Gasteiger partial charge on any atom is 0.253 e. The van der Waals surface area contributed by atoms with Crippen molar-refractivity contribution in [3.8, 4) is 0 Å². The summed E-state index contributed by atoms with van der Waals surface area (Å²) in [7, 11) is 0. The van der Waals surface area contributed by atoms with E-state index in [1.165, 1.54) is 23.2 Å². The summed E-state index contributed by atoms with van der Waals surface area (Å²) in [5.41, 5.74) is -0.279. The van der Waals surface area contributed by atoms with E-state index in [9.17, 15) is 9.59 Å². The Morgan fingerprint density at radius 3 is 3.07 bits per heavy atom. The van der Waals surface area contributed by atoms with Gasteiger partial charge in [-0.3, -0.25) is 14.2 Å². The standard InChI is InChI=1S/C8H11N3O3/c12-4-3-10-7(13)5-11-6-9-2-1-8(11)14/h1-2,6,12H,3-5H2,(H,10,13). The van der Waals surface area contributed by atoms with Gasteiger partial charge in [0.05, 0.1) is 12.9 Å². The molecule has 6 nitrogen and oxygen atoms in total. The van der Waals surface area contributed by atoms with Gasteiger partial charge in [0.1, 0.15) is 6.54 Å². The fourth-order valence-corrected chi connectivity index (χ4v) is 0.903. The molecule has 2 N–H and O–H groups in total. The van der Waals surface area contributed by atoms with Crippen molar-refractivity contribution in [1.82, 2.24) is 14.9 Å². The lowest BCUT2D eigenvalue weighted by Gasteiger charge is -2.04. The van der Waals surface area contributed by atoms with Crippen LogP contribution in [0.3, 0.4) is 0 Å². The summed E-state index contributed by atoms with van der Waals surface area (Å²) in [6.45, 7) is -0.00576. The third-order valence-corrected chi connectivity index (χ3v) is 1.54. The number of rotatable bonds is 4. The maximum absolute atomic E-state index is 11.1. The molecule has 1 amide bonds. The van der Waals surface area contributed by atoms with Gasteiger partial charge < -0.3 is 10.4 Å². The van der Waals surface area contributed by atoms with Gasteiger partial charge >= 0.3 is 0 Å². The number of hydrogen-bond acceptors (Lipinski definition) is 4. The average Bonchev–Trinajstić information content (AvgIpc) is 2.18. The van der Waals surface area contributed by atoms with Crippen LogP contribution in [-0.2, 0) is 11.3 Å². The molecule has 0 spiro atoms. The van der Waals surface area contributed by atoms with Crippen LogP contribution in [0.1, 0.15) is 0 Å². The van der Waals surface area contributed by atoms with Crippen molar-refractivity contribution in [2.45, 2.75) is 6.54 Å². The zero-order valence-electron chi connectivity index (χ0n) is 7.51. The monoisotopic (exact) mass is 197 g/mol. The Kier molecular flexibility index (Phi) is 3.81. The van der Waals surface area contributed by atoms with E-state index in [1.807, 2.05) is 0 Å². The van der Waals surface area contributed by atoms with Crippen molar-refractivity contribution in [1.29, 1.82) is 0 Å². The van der Waals surface area contributed by atoms with Crippen molar-refractivity contribution >= 4 is 5.91 Å². The molecule has 0 aliphatic rings. The van der Waals surface area contributed by atoms with Crippen LogP contribution < -0.4 is 10.9 Å². The van der Waals surface area contributed by atoms with E-state index < -0.39 is 0 Å². The minimum atomic E-state index is -0.325. The highest BCUT2D eigenvalue weighted by Crippen LogP contribution is 1.78. The lowest BCUT2D eigenvalue weighted by Crippen LogP contribution is -2.33. The second-order valence-electron chi connectivity index (χ2n) is 2.62. The highest BCUT2D eigenvalue weighted by atomic mass is 16.3. The first-order chi connectivity index (χ1) is 6.74. The number of amides is 1. The molecule has 0 radical (unpaired) electrons. The first-order valence-corrected chi connectivity index (χ1v) is 4.12. The number of carbonyl (C=O) groups is 1. The minimum Gasteiger partial charge on any atom is -0.395 e. The maximum atomic E-state index is 11.1. The highest BCUT2D eigenvalue weighted by Gasteiger charge is 2.02. The molecule has 0 aliphatic heterocycles. The molecule has 14 heavy (non-hydrogen) atoms. The molecule has 0 bridgehead atoms. The predicted octanol–water partition coefficient (Wildman–Crippen LogP) is -1.65. The predicted molar refractivity (Wildman–Crippen MR) is 48.6 cm³/mol. The van der Waals surface area contributed by atoms with E-state index in [-0.39, 0.29) is 31.2 Å². The van der Waals surface area contributed by atoms with E-state index in [1.54, 1.807) is 0 Å². The molecule has 1 aromatic rings. The summed E-state index contributed by atoms with van der Waals surface area (Å²) in [6.07, 6.45) is 2.66. The van der Waals surface area contributed by atoms with Gasteiger partial charge in [-0.1, -0.05) is 0 Å². The van der Waals surface area contributed by atoms with Crippen molar-refractivity contribution in [3.63, 3.8) is 0 Å². The zero-order valence-corrected chi connectivity index (χ0v) is 7.51. The lowest BCUT2D eigenvalue weighted by atomic mass is 10.5. The van der Waals surface area contributed by atoms with Crippen molar-refractivity contribution < 1.29 is 9.90 Å². The summed E-state index contributed by atoms with van der Waals surface area (Å²) in [5.74, 6) is -0.325. The zero-order chi connectivity index (χ0) is 10.4. The molecule has 76 valence electrons. The number of aliphatic hydroxyl groups is 1. The van der Waals surface area contributed by atoms with Gasteiger partial charge in [-0.25, -0.2) is 4.98 Å². The molecule has 0 fully saturated rings. The molecular weight excluding hydrogens is 186 g/mol. The second kappa shape index (κ2) is 5.13. The smallest absolute Gasteiger partial charge is 0.253 e. The van der Waals surface area contributed by atoms with E-state index in [0.29, 0.717) is 0 Å². The molecule has 1 rings (SSSR count). The molecule has 1 aromatic heterocycles. The summed E-state index contributed by atoms with van der Waals surface area (Å²) < 4.78 is 1.19. The average molecular weight is 197 g/mol. The fourth-order valence-electron chi connectivity index (χ4n) is 0.903. The van der Waals surface area contributed by atoms with Crippen LogP contribution in [0.25, 0.3) is 0 Å². The molecule has 0 unspecified atom stereocenters. The summed E-state index contributed by atoms with van der Waals surface area (Å²) in [4.78, 5) is 25.9. The van der Waals surface area contributed by atoms with E-state index in [0.717, 1.165) is 0 Å². The van der Waals surface area contributed by atoms with Crippen LogP contribution in [0.5, 0.6) is 0 Å². The van der Waals surface area contributed by atoms with Crippen LogP contribution in [-0.4, -0.2) is 33.7 Å². The van der Waals surface area contributed by atoms with Crippen LogP contribution in [0, 0.1) is 0 Å². The van der Waals surface area contributed by atoms with Crippen molar-refractivity contribution in [2.24, 2.45) is 0 Å². The number of hydrogen-bond donors (Lipinski definition) is 2. The minimum absolute atomic E-state index is 0.0767. The Labute approximate surface area is 80.2 Å². The summed E-state index contributed by atoms with van der Waals surface area (Å²) >= 11 is 0.